The lowest BCUT2D eigenvalue weighted by Gasteiger charge is -2.24. The van der Waals surface area contributed by atoms with E-state index in [1.165, 1.54) is 28.0 Å². The summed E-state index contributed by atoms with van der Waals surface area (Å²) in [6.45, 7) is 8.70. The number of nitrogens with zero attached hydrogens (tertiary/aromatic N) is 3. The highest BCUT2D eigenvalue weighted by Crippen LogP contribution is 2.44. The molecule has 2 heterocycles. The summed E-state index contributed by atoms with van der Waals surface area (Å²) in [4.78, 5) is 28.5. The van der Waals surface area contributed by atoms with Gasteiger partial charge in [-0.05, 0) is 65.4 Å². The smallest absolute Gasteiger partial charge is 0.301 e. The van der Waals surface area contributed by atoms with Crippen LogP contribution in [0.3, 0.4) is 0 Å². The quantitative estimate of drug-likeness (QED) is 0.0670. The van der Waals surface area contributed by atoms with Gasteiger partial charge in [0.25, 0.3) is 5.78 Å². The predicted molar refractivity (Wildman–Crippen MR) is 173 cm³/mol. The Balaban J connectivity index is 1.54. The Morgan fingerprint density at radius 1 is 1.02 bits per heavy atom. The van der Waals surface area contributed by atoms with Crippen molar-refractivity contribution in [2.24, 2.45) is 0 Å². The molecule has 222 valence electrons. The first-order valence-electron chi connectivity index (χ1n) is 13.5. The lowest BCUT2D eigenvalue weighted by atomic mass is 9.85. The van der Waals surface area contributed by atoms with Gasteiger partial charge in [0.05, 0.1) is 18.2 Å². The van der Waals surface area contributed by atoms with Gasteiger partial charge < -0.3 is 9.84 Å². The molecule has 5 rings (SSSR count). The van der Waals surface area contributed by atoms with Crippen molar-refractivity contribution in [1.29, 1.82) is 0 Å². The predicted octanol–water partition coefficient (Wildman–Crippen LogP) is 8.46. The van der Waals surface area contributed by atoms with Gasteiger partial charge in [0.1, 0.15) is 11.5 Å². The largest absolute Gasteiger partial charge is 0.507 e. The van der Waals surface area contributed by atoms with Crippen LogP contribution in [0.2, 0.25) is 10.0 Å². The Hall–Kier alpha value is -3.37. The highest BCUT2D eigenvalue weighted by molar-refractivity contribution is 8.00. The maximum Gasteiger partial charge on any atom is 0.301 e. The van der Waals surface area contributed by atoms with Gasteiger partial charge in [-0.3, -0.25) is 14.5 Å². The summed E-state index contributed by atoms with van der Waals surface area (Å²) in [5.41, 5.74) is 2.91. The molecular formula is C32H29Cl2N3O4S2. The number of amides is 1. The molecule has 0 saturated carbocycles. The third-order valence-electron chi connectivity index (χ3n) is 6.94. The van der Waals surface area contributed by atoms with Crippen LogP contribution in [-0.2, 0) is 20.8 Å². The van der Waals surface area contributed by atoms with Gasteiger partial charge in [0, 0.05) is 21.4 Å². The average molecular weight is 655 g/mol. The van der Waals surface area contributed by atoms with Crippen molar-refractivity contribution in [3.63, 3.8) is 0 Å². The summed E-state index contributed by atoms with van der Waals surface area (Å²) in [7, 11) is 0. The van der Waals surface area contributed by atoms with Crippen LogP contribution in [0.1, 0.15) is 56.0 Å². The lowest BCUT2D eigenvalue weighted by molar-refractivity contribution is -0.132. The molecule has 1 aromatic heterocycles. The number of benzene rings is 3. The first kappa shape index (κ1) is 31.1. The summed E-state index contributed by atoms with van der Waals surface area (Å²) < 4.78 is 6.11. The minimum Gasteiger partial charge on any atom is -0.507 e. The number of aliphatic hydroxyl groups is 1. The number of thioether (sulfide) groups is 1. The Morgan fingerprint density at radius 3 is 2.35 bits per heavy atom. The van der Waals surface area contributed by atoms with Gasteiger partial charge in [0.15, 0.2) is 4.34 Å². The van der Waals surface area contributed by atoms with Gasteiger partial charge in [-0.2, -0.15) is 0 Å². The number of carbonyl (C=O) groups excluding carboxylic acids is 2. The van der Waals surface area contributed by atoms with E-state index < -0.39 is 17.7 Å². The van der Waals surface area contributed by atoms with Crippen LogP contribution in [0.25, 0.3) is 5.76 Å². The first-order chi connectivity index (χ1) is 20.5. The molecular weight excluding hydrogens is 625 g/mol. The van der Waals surface area contributed by atoms with E-state index in [-0.39, 0.29) is 21.9 Å². The number of halogens is 2. The number of anilines is 1. The maximum absolute atomic E-state index is 13.6. The zero-order chi connectivity index (χ0) is 30.9. The second-order valence-electron chi connectivity index (χ2n) is 10.9. The Labute approximate surface area is 268 Å². The molecule has 1 N–H and O–H groups in total. The number of hydrogen-bond acceptors (Lipinski definition) is 8. The summed E-state index contributed by atoms with van der Waals surface area (Å²) in [5, 5.41) is 21.4. The van der Waals surface area contributed by atoms with Crippen molar-refractivity contribution in [2.45, 2.75) is 49.2 Å². The lowest BCUT2D eigenvalue weighted by Crippen LogP contribution is -2.29. The Morgan fingerprint density at radius 2 is 1.72 bits per heavy atom. The van der Waals surface area contributed by atoms with E-state index in [9.17, 15) is 14.7 Å². The molecule has 4 aromatic rings. The standard InChI is InChI=1S/C32H29Cl2N3O4S2/c1-5-41-23-14-9-19(10-15-23)27(38)25-26(18-6-11-21(12-7-18)32(2,3)4)37(29(40)28(25)39)30-35-36-31(43-30)42-17-20-8-13-22(33)16-24(20)34/h6-16,26,38H,5,17H2,1-4H3/b27-25-. The van der Waals surface area contributed by atoms with Crippen molar-refractivity contribution >= 4 is 68.9 Å². The number of ketones is 1. The fraction of sp³-hybridized carbons (Fsp3) is 0.250. The van der Waals surface area contributed by atoms with E-state index in [4.69, 9.17) is 27.9 Å². The van der Waals surface area contributed by atoms with E-state index in [1.54, 1.807) is 36.4 Å². The van der Waals surface area contributed by atoms with E-state index in [1.807, 2.05) is 37.3 Å². The van der Waals surface area contributed by atoms with E-state index in [0.29, 0.717) is 43.6 Å². The fourth-order valence-electron chi connectivity index (χ4n) is 4.68. The molecule has 43 heavy (non-hydrogen) atoms. The number of Topliss-reactive ketones (excluding diaryl/α,β-unsaturated/α-hetero) is 1. The molecule has 1 saturated heterocycles. The second kappa shape index (κ2) is 12.7. The minimum absolute atomic E-state index is 0.0185. The van der Waals surface area contributed by atoms with Crippen LogP contribution in [0.15, 0.2) is 76.6 Å². The topological polar surface area (TPSA) is 92.6 Å². The zero-order valence-electron chi connectivity index (χ0n) is 23.9. The average Bonchev–Trinajstić information content (AvgIpc) is 3.54. The second-order valence-corrected chi connectivity index (χ2v) is 13.9. The van der Waals surface area contributed by atoms with Gasteiger partial charge in [-0.1, -0.05) is 97.4 Å². The fourth-order valence-corrected chi connectivity index (χ4v) is 7.10. The zero-order valence-corrected chi connectivity index (χ0v) is 27.1. The van der Waals surface area contributed by atoms with Crippen molar-refractivity contribution in [3.05, 3.63) is 105 Å². The van der Waals surface area contributed by atoms with Gasteiger partial charge in [0.2, 0.25) is 5.13 Å². The van der Waals surface area contributed by atoms with Crippen LogP contribution in [-0.4, -0.2) is 33.6 Å². The molecule has 1 aliphatic heterocycles. The van der Waals surface area contributed by atoms with Crippen LogP contribution >= 0.6 is 46.3 Å². The molecule has 7 nitrogen and oxygen atoms in total. The summed E-state index contributed by atoms with van der Waals surface area (Å²) >= 11 is 14.9. The summed E-state index contributed by atoms with van der Waals surface area (Å²) in [5.74, 6) is -0.712. The molecule has 1 unspecified atom stereocenters. The molecule has 0 aliphatic carbocycles. The van der Waals surface area contributed by atoms with Crippen LogP contribution in [0, 0.1) is 0 Å². The van der Waals surface area contributed by atoms with Gasteiger partial charge in [-0.25, -0.2) is 0 Å². The Bertz CT molecular complexity index is 1700. The van der Waals surface area contributed by atoms with Crippen molar-refractivity contribution in [2.75, 3.05) is 11.5 Å². The van der Waals surface area contributed by atoms with E-state index >= 15 is 0 Å². The molecule has 1 fully saturated rings. The molecule has 1 atom stereocenters. The number of aromatic nitrogens is 2. The molecule has 3 aromatic carbocycles. The van der Waals surface area contributed by atoms with Crippen LogP contribution in [0.4, 0.5) is 5.13 Å². The van der Waals surface area contributed by atoms with Crippen molar-refractivity contribution in [1.82, 2.24) is 10.2 Å². The van der Waals surface area contributed by atoms with Crippen LogP contribution in [0.5, 0.6) is 5.75 Å². The first-order valence-corrected chi connectivity index (χ1v) is 16.1. The number of ether oxygens (including phenoxy) is 1. The number of hydrogen-bond donors (Lipinski definition) is 1. The summed E-state index contributed by atoms with van der Waals surface area (Å²) in [6.07, 6.45) is 0. The minimum atomic E-state index is -0.905. The third kappa shape index (κ3) is 6.60. The van der Waals surface area contributed by atoms with Gasteiger partial charge >= 0.3 is 5.91 Å². The highest BCUT2D eigenvalue weighted by atomic mass is 35.5. The molecule has 11 heteroatoms. The summed E-state index contributed by atoms with van der Waals surface area (Å²) in [6, 6.07) is 18.9. The Kier molecular flexibility index (Phi) is 9.18. The van der Waals surface area contributed by atoms with E-state index in [0.717, 1.165) is 11.1 Å². The highest BCUT2D eigenvalue weighted by Gasteiger charge is 2.48. The number of aliphatic hydroxyl groups excluding tert-OH is 1. The van der Waals surface area contributed by atoms with E-state index in [2.05, 4.69) is 31.0 Å². The monoisotopic (exact) mass is 653 g/mol. The number of carbonyl (C=O) groups is 2. The maximum atomic E-state index is 13.6. The van der Waals surface area contributed by atoms with Crippen molar-refractivity contribution < 1.29 is 19.4 Å². The molecule has 0 bridgehead atoms. The number of rotatable bonds is 8. The molecule has 1 amide bonds. The molecule has 0 spiro atoms. The normalized spacial score (nSPS) is 16.6. The SMILES string of the molecule is CCOc1ccc(/C(O)=C2/C(=O)C(=O)N(c3nnc(SCc4ccc(Cl)cc4Cl)s3)C2c2ccc(C(C)(C)C)cc2)cc1. The van der Waals surface area contributed by atoms with Crippen molar-refractivity contribution in [3.8, 4) is 5.75 Å². The van der Waals surface area contributed by atoms with Crippen LogP contribution < -0.4 is 9.64 Å². The molecule has 1 aliphatic rings. The molecule has 0 radical (unpaired) electrons. The van der Waals surface area contributed by atoms with Gasteiger partial charge in [-0.15, -0.1) is 10.2 Å². The third-order valence-corrected chi connectivity index (χ3v) is 9.64.